The van der Waals surface area contributed by atoms with Crippen molar-refractivity contribution in [2.45, 2.75) is 26.2 Å². The zero-order chi connectivity index (χ0) is 12.3. The summed E-state index contributed by atoms with van der Waals surface area (Å²) in [5.74, 6) is 0. The van der Waals surface area contributed by atoms with Crippen molar-refractivity contribution >= 4 is 11.8 Å². The Balaban J connectivity index is 3.19. The molecule has 1 amide bonds. The molecule has 0 spiro atoms. The molecule has 0 atom stereocenters. The number of benzene rings is 1. The third-order valence-corrected chi connectivity index (χ3v) is 2.52. The monoisotopic (exact) mass is 221 g/mol. The fourth-order valence-electron chi connectivity index (χ4n) is 1.64. The third kappa shape index (κ3) is 2.54. The molecule has 0 saturated carbocycles. The summed E-state index contributed by atoms with van der Waals surface area (Å²) in [5, 5.41) is 0. The van der Waals surface area contributed by atoms with Crippen LogP contribution in [0.3, 0.4) is 0 Å². The molecule has 0 fully saturated rings. The van der Waals surface area contributed by atoms with Crippen molar-refractivity contribution in [2.24, 2.45) is 0 Å². The second-order valence-electron chi connectivity index (χ2n) is 4.80. The number of para-hydroxylation sites is 1. The van der Waals surface area contributed by atoms with Crippen LogP contribution in [0.4, 0.5) is 10.5 Å². The van der Waals surface area contributed by atoms with Crippen LogP contribution in [0.2, 0.25) is 0 Å². The Hall–Kier alpha value is -1.51. The van der Waals surface area contributed by atoms with Gasteiger partial charge < -0.3 is 4.74 Å². The van der Waals surface area contributed by atoms with Crippen molar-refractivity contribution in [3.63, 3.8) is 0 Å². The number of methoxy groups -OCH3 is 1. The van der Waals surface area contributed by atoms with E-state index < -0.39 is 0 Å². The zero-order valence-electron chi connectivity index (χ0n) is 10.6. The van der Waals surface area contributed by atoms with E-state index in [4.69, 9.17) is 4.74 Å². The molecule has 0 aliphatic rings. The normalized spacial score (nSPS) is 11.1. The number of carbonyl (C=O) groups is 1. The molecule has 3 heteroatoms. The Morgan fingerprint density at radius 1 is 1.25 bits per heavy atom. The molecular weight excluding hydrogens is 202 g/mol. The summed E-state index contributed by atoms with van der Waals surface area (Å²) in [4.78, 5) is 13.0. The summed E-state index contributed by atoms with van der Waals surface area (Å²) in [5.41, 5.74) is 2.02. The zero-order valence-corrected chi connectivity index (χ0v) is 10.6. The molecule has 1 rings (SSSR count). The van der Waals surface area contributed by atoms with Gasteiger partial charge in [-0.05, 0) is 17.0 Å². The number of rotatable bonds is 1. The van der Waals surface area contributed by atoms with E-state index in [0.717, 1.165) is 11.3 Å². The lowest BCUT2D eigenvalue weighted by molar-refractivity contribution is 0.180. The first-order chi connectivity index (χ1) is 7.38. The maximum atomic E-state index is 11.5. The summed E-state index contributed by atoms with van der Waals surface area (Å²) < 4.78 is 4.72. The molecule has 3 nitrogen and oxygen atoms in total. The van der Waals surface area contributed by atoms with Gasteiger partial charge in [0.05, 0.1) is 12.8 Å². The average Bonchev–Trinajstić information content (AvgIpc) is 2.26. The molecule has 88 valence electrons. The number of nitrogens with zero attached hydrogens (tertiary/aromatic N) is 1. The van der Waals surface area contributed by atoms with Crippen molar-refractivity contribution in [2.75, 3.05) is 19.1 Å². The number of carbonyl (C=O) groups excluding carboxylic acids is 1. The van der Waals surface area contributed by atoms with E-state index in [2.05, 4.69) is 20.8 Å². The van der Waals surface area contributed by atoms with Crippen molar-refractivity contribution < 1.29 is 9.53 Å². The van der Waals surface area contributed by atoms with Crippen LogP contribution >= 0.6 is 0 Å². The standard InChI is InChI=1S/C13H19NO2/c1-13(2,3)10-8-6-7-9-11(10)14(4)12(15)16-5/h6-9H,1-5H3. The van der Waals surface area contributed by atoms with Crippen LogP contribution < -0.4 is 4.90 Å². The van der Waals surface area contributed by atoms with Crippen molar-refractivity contribution in [3.05, 3.63) is 29.8 Å². The lowest BCUT2D eigenvalue weighted by atomic mass is 9.85. The van der Waals surface area contributed by atoms with Gasteiger partial charge in [-0.2, -0.15) is 0 Å². The summed E-state index contributed by atoms with van der Waals surface area (Å²) in [6.07, 6.45) is -0.350. The quantitative estimate of drug-likeness (QED) is 0.729. The van der Waals surface area contributed by atoms with E-state index in [1.807, 2.05) is 24.3 Å². The van der Waals surface area contributed by atoms with Gasteiger partial charge in [-0.25, -0.2) is 4.79 Å². The molecule has 0 radical (unpaired) electrons. The minimum atomic E-state index is -0.350. The van der Waals surface area contributed by atoms with E-state index in [9.17, 15) is 4.79 Å². The van der Waals surface area contributed by atoms with Gasteiger partial charge in [0.2, 0.25) is 0 Å². The fraction of sp³-hybridized carbons (Fsp3) is 0.462. The van der Waals surface area contributed by atoms with E-state index in [1.165, 1.54) is 12.0 Å². The van der Waals surface area contributed by atoms with Crippen LogP contribution in [0.25, 0.3) is 0 Å². The summed E-state index contributed by atoms with van der Waals surface area (Å²) in [7, 11) is 3.11. The maximum Gasteiger partial charge on any atom is 0.413 e. The SMILES string of the molecule is COC(=O)N(C)c1ccccc1C(C)(C)C. The van der Waals surface area contributed by atoms with Gasteiger partial charge >= 0.3 is 6.09 Å². The van der Waals surface area contributed by atoms with Crippen LogP contribution in [-0.2, 0) is 10.2 Å². The molecular formula is C13H19NO2. The number of amides is 1. The Labute approximate surface area is 97.0 Å². The van der Waals surface area contributed by atoms with E-state index in [0.29, 0.717) is 0 Å². The summed E-state index contributed by atoms with van der Waals surface area (Å²) in [6, 6.07) is 7.87. The van der Waals surface area contributed by atoms with Gasteiger partial charge in [0.1, 0.15) is 0 Å². The Bertz CT molecular complexity index is 380. The molecule has 1 aromatic carbocycles. The molecule has 0 unspecified atom stereocenters. The lowest BCUT2D eigenvalue weighted by Crippen LogP contribution is -2.28. The highest BCUT2D eigenvalue weighted by molar-refractivity contribution is 5.88. The maximum absolute atomic E-state index is 11.5. The van der Waals surface area contributed by atoms with Crippen molar-refractivity contribution in [1.82, 2.24) is 0 Å². The predicted molar refractivity (Wildman–Crippen MR) is 66.0 cm³/mol. The Morgan fingerprint density at radius 3 is 2.31 bits per heavy atom. The van der Waals surface area contributed by atoms with Crippen LogP contribution in [0.15, 0.2) is 24.3 Å². The van der Waals surface area contributed by atoms with Crippen molar-refractivity contribution in [3.8, 4) is 0 Å². The van der Waals surface area contributed by atoms with Gasteiger partial charge in [-0.1, -0.05) is 39.0 Å². The lowest BCUT2D eigenvalue weighted by Gasteiger charge is -2.26. The number of hydrogen-bond acceptors (Lipinski definition) is 2. The molecule has 0 heterocycles. The van der Waals surface area contributed by atoms with Crippen LogP contribution in [0.1, 0.15) is 26.3 Å². The van der Waals surface area contributed by atoms with Gasteiger partial charge in [0.25, 0.3) is 0 Å². The minimum Gasteiger partial charge on any atom is -0.452 e. The predicted octanol–water partition coefficient (Wildman–Crippen LogP) is 3.19. The van der Waals surface area contributed by atoms with E-state index in [-0.39, 0.29) is 11.5 Å². The van der Waals surface area contributed by atoms with E-state index >= 15 is 0 Å². The van der Waals surface area contributed by atoms with Crippen LogP contribution in [0.5, 0.6) is 0 Å². The van der Waals surface area contributed by atoms with Crippen LogP contribution in [-0.4, -0.2) is 20.3 Å². The summed E-state index contributed by atoms with van der Waals surface area (Å²) >= 11 is 0. The first-order valence-corrected chi connectivity index (χ1v) is 5.29. The molecule has 0 aromatic heterocycles. The molecule has 0 aliphatic heterocycles. The second kappa shape index (κ2) is 4.56. The smallest absolute Gasteiger partial charge is 0.413 e. The second-order valence-corrected chi connectivity index (χ2v) is 4.80. The van der Waals surface area contributed by atoms with Crippen LogP contribution in [0, 0.1) is 0 Å². The largest absolute Gasteiger partial charge is 0.452 e. The third-order valence-electron chi connectivity index (χ3n) is 2.52. The molecule has 0 saturated heterocycles. The summed E-state index contributed by atoms with van der Waals surface area (Å²) in [6.45, 7) is 6.37. The van der Waals surface area contributed by atoms with Gasteiger partial charge in [-0.3, -0.25) is 4.90 Å². The molecule has 1 aromatic rings. The van der Waals surface area contributed by atoms with Gasteiger partial charge in [0, 0.05) is 7.05 Å². The first kappa shape index (κ1) is 12.6. The number of ether oxygens (including phenoxy) is 1. The number of hydrogen-bond donors (Lipinski definition) is 0. The number of anilines is 1. The Morgan fingerprint density at radius 2 is 1.81 bits per heavy atom. The van der Waals surface area contributed by atoms with E-state index in [1.54, 1.807) is 7.05 Å². The first-order valence-electron chi connectivity index (χ1n) is 5.29. The van der Waals surface area contributed by atoms with Gasteiger partial charge in [0.15, 0.2) is 0 Å². The highest BCUT2D eigenvalue weighted by Gasteiger charge is 2.22. The van der Waals surface area contributed by atoms with Crippen molar-refractivity contribution in [1.29, 1.82) is 0 Å². The minimum absolute atomic E-state index is 0.00112. The van der Waals surface area contributed by atoms with Gasteiger partial charge in [-0.15, -0.1) is 0 Å². The molecule has 0 bridgehead atoms. The molecule has 0 N–H and O–H groups in total. The highest BCUT2D eigenvalue weighted by atomic mass is 16.5. The Kier molecular flexibility index (Phi) is 3.58. The molecule has 16 heavy (non-hydrogen) atoms. The highest BCUT2D eigenvalue weighted by Crippen LogP contribution is 2.31. The fourth-order valence-corrected chi connectivity index (χ4v) is 1.64. The topological polar surface area (TPSA) is 29.5 Å². The molecule has 0 aliphatic carbocycles. The average molecular weight is 221 g/mol.